The molecule has 0 unspecified atom stereocenters. The summed E-state index contributed by atoms with van der Waals surface area (Å²) in [5.74, 6) is -4.57. The average molecular weight is 512 g/mol. The molecule has 2 amide bonds. The number of likely N-dealkylation sites (tertiary alicyclic amines) is 1. The van der Waals surface area contributed by atoms with Gasteiger partial charge in [0, 0.05) is 31.5 Å². The number of aromatic nitrogens is 1. The van der Waals surface area contributed by atoms with E-state index in [1.54, 1.807) is 18.2 Å². The zero-order valence-corrected chi connectivity index (χ0v) is 20.1. The summed E-state index contributed by atoms with van der Waals surface area (Å²) in [6.45, 7) is -0.224. The fraction of sp³-hybridized carbons (Fsp3) is 0.333. The second-order valence-electron chi connectivity index (χ2n) is 9.04. The third-order valence-corrected chi connectivity index (χ3v) is 6.15. The number of nitrogens with zero attached hydrogens (tertiary/aromatic N) is 2. The number of hydrogen-bond acceptors (Lipinski definition) is 5. The van der Waals surface area contributed by atoms with E-state index >= 15 is 0 Å². The fourth-order valence-corrected chi connectivity index (χ4v) is 4.25. The summed E-state index contributed by atoms with van der Waals surface area (Å²) < 4.78 is 32.9. The molecule has 0 aliphatic carbocycles. The van der Waals surface area contributed by atoms with Crippen LogP contribution in [0, 0.1) is 0 Å². The minimum absolute atomic E-state index is 0.0722. The van der Waals surface area contributed by atoms with E-state index in [1.165, 1.54) is 0 Å². The van der Waals surface area contributed by atoms with Gasteiger partial charge in [0.25, 0.3) is 11.8 Å². The van der Waals surface area contributed by atoms with Gasteiger partial charge < -0.3 is 19.7 Å². The van der Waals surface area contributed by atoms with Gasteiger partial charge in [0.1, 0.15) is 6.26 Å². The Morgan fingerprint density at radius 2 is 1.89 bits per heavy atom. The number of piperidine rings is 1. The molecule has 4 rings (SSSR count). The average Bonchev–Trinajstić information content (AvgIpc) is 3.36. The molecule has 0 bridgehead atoms. The molecule has 1 fully saturated rings. The van der Waals surface area contributed by atoms with E-state index in [-0.39, 0.29) is 62.7 Å². The maximum absolute atomic E-state index is 13.7. The number of alkyl halides is 2. The quantitative estimate of drug-likeness (QED) is 0.448. The van der Waals surface area contributed by atoms with Gasteiger partial charge in [0.2, 0.25) is 11.8 Å². The molecule has 3 aromatic rings. The zero-order valence-electron chi connectivity index (χ0n) is 20.1. The Balaban J connectivity index is 1.48. The Kier molecular flexibility index (Phi) is 7.95. The molecular weight excluding hydrogens is 484 g/mol. The summed E-state index contributed by atoms with van der Waals surface area (Å²) >= 11 is 0. The number of amides is 2. The summed E-state index contributed by atoms with van der Waals surface area (Å²) in [5.41, 5.74) is 2.73. The van der Waals surface area contributed by atoms with Gasteiger partial charge in [0.05, 0.1) is 13.0 Å². The number of rotatable bonds is 9. The SMILES string of the molecule is O=C(O)CCc1cc(-c2nc(C(=O)N3CCCC(F)(F)C3)co2)ccc1CNC(=O)Cc1ccccc1. The van der Waals surface area contributed by atoms with Crippen molar-refractivity contribution in [2.24, 2.45) is 0 Å². The van der Waals surface area contributed by atoms with E-state index in [0.29, 0.717) is 11.1 Å². The van der Waals surface area contributed by atoms with E-state index in [0.717, 1.165) is 22.3 Å². The Morgan fingerprint density at radius 1 is 1.11 bits per heavy atom. The van der Waals surface area contributed by atoms with Crippen molar-refractivity contribution in [2.75, 3.05) is 13.1 Å². The summed E-state index contributed by atoms with van der Waals surface area (Å²) in [6.07, 6.45) is 1.41. The Morgan fingerprint density at radius 3 is 2.62 bits per heavy atom. The first kappa shape index (κ1) is 26.0. The van der Waals surface area contributed by atoms with Crippen molar-refractivity contribution in [2.45, 2.75) is 44.6 Å². The van der Waals surface area contributed by atoms with Gasteiger partial charge in [0.15, 0.2) is 5.69 Å². The van der Waals surface area contributed by atoms with Crippen molar-refractivity contribution in [3.8, 4) is 11.5 Å². The third kappa shape index (κ3) is 6.99. The number of carbonyl (C=O) groups excluding carboxylic acids is 2. The minimum atomic E-state index is -2.92. The molecule has 1 saturated heterocycles. The fourth-order valence-electron chi connectivity index (χ4n) is 4.25. The van der Waals surface area contributed by atoms with Gasteiger partial charge in [-0.1, -0.05) is 36.4 Å². The van der Waals surface area contributed by atoms with E-state index < -0.39 is 24.3 Å². The second-order valence-corrected chi connectivity index (χ2v) is 9.04. The molecule has 194 valence electrons. The topological polar surface area (TPSA) is 113 Å². The van der Waals surface area contributed by atoms with Gasteiger partial charge >= 0.3 is 5.97 Å². The van der Waals surface area contributed by atoms with Crippen LogP contribution in [0.3, 0.4) is 0 Å². The molecule has 0 spiro atoms. The lowest BCUT2D eigenvalue weighted by Crippen LogP contribution is -2.45. The van der Waals surface area contributed by atoms with Gasteiger partial charge in [-0.25, -0.2) is 13.8 Å². The van der Waals surface area contributed by atoms with Gasteiger partial charge in [-0.15, -0.1) is 0 Å². The Hall–Kier alpha value is -4.08. The molecule has 0 radical (unpaired) electrons. The largest absolute Gasteiger partial charge is 0.481 e. The second kappa shape index (κ2) is 11.3. The summed E-state index contributed by atoms with van der Waals surface area (Å²) in [5, 5.41) is 12.0. The number of aliphatic carboxylic acids is 1. The van der Waals surface area contributed by atoms with Crippen molar-refractivity contribution in [1.82, 2.24) is 15.2 Å². The minimum Gasteiger partial charge on any atom is -0.481 e. The van der Waals surface area contributed by atoms with E-state index in [2.05, 4.69) is 10.3 Å². The molecule has 10 heteroatoms. The molecule has 2 N–H and O–H groups in total. The van der Waals surface area contributed by atoms with Gasteiger partial charge in [-0.3, -0.25) is 14.4 Å². The first-order chi connectivity index (χ1) is 17.7. The molecule has 1 aliphatic rings. The lowest BCUT2D eigenvalue weighted by molar-refractivity contribution is -0.137. The van der Waals surface area contributed by atoms with Crippen LogP contribution in [0.15, 0.2) is 59.2 Å². The number of hydrogen-bond donors (Lipinski definition) is 2. The number of oxazole rings is 1. The Bertz CT molecular complexity index is 1280. The summed E-state index contributed by atoms with van der Waals surface area (Å²) in [6, 6.07) is 14.4. The third-order valence-electron chi connectivity index (χ3n) is 6.15. The predicted molar refractivity (Wildman–Crippen MR) is 130 cm³/mol. The van der Waals surface area contributed by atoms with Crippen LogP contribution in [0.4, 0.5) is 8.78 Å². The van der Waals surface area contributed by atoms with Crippen molar-refractivity contribution in [1.29, 1.82) is 0 Å². The van der Waals surface area contributed by atoms with Crippen LogP contribution in [0.2, 0.25) is 0 Å². The molecule has 0 saturated carbocycles. The van der Waals surface area contributed by atoms with Crippen LogP contribution >= 0.6 is 0 Å². The summed E-state index contributed by atoms with van der Waals surface area (Å²) in [7, 11) is 0. The molecule has 37 heavy (non-hydrogen) atoms. The molecule has 1 aromatic heterocycles. The van der Waals surface area contributed by atoms with E-state index in [4.69, 9.17) is 9.52 Å². The van der Waals surface area contributed by atoms with Crippen molar-refractivity contribution in [3.05, 3.63) is 77.2 Å². The Labute approximate surface area is 212 Å². The normalized spacial score (nSPS) is 14.8. The van der Waals surface area contributed by atoms with Crippen LogP contribution in [0.1, 0.15) is 46.4 Å². The summed E-state index contributed by atoms with van der Waals surface area (Å²) in [4.78, 5) is 41.5. The van der Waals surface area contributed by atoms with Crippen LogP contribution < -0.4 is 5.32 Å². The molecule has 1 aliphatic heterocycles. The smallest absolute Gasteiger partial charge is 0.303 e. The van der Waals surface area contributed by atoms with Crippen LogP contribution in [0.25, 0.3) is 11.5 Å². The van der Waals surface area contributed by atoms with Crippen molar-refractivity contribution < 1.29 is 32.7 Å². The maximum Gasteiger partial charge on any atom is 0.303 e. The van der Waals surface area contributed by atoms with E-state index in [1.807, 2.05) is 30.3 Å². The van der Waals surface area contributed by atoms with Crippen LogP contribution in [0.5, 0.6) is 0 Å². The molecular formula is C27H27F2N3O5. The highest BCUT2D eigenvalue weighted by Crippen LogP contribution is 2.28. The van der Waals surface area contributed by atoms with E-state index in [9.17, 15) is 23.2 Å². The predicted octanol–water partition coefficient (Wildman–Crippen LogP) is 4.09. The van der Waals surface area contributed by atoms with Gasteiger partial charge in [-0.2, -0.15) is 0 Å². The molecule has 8 nitrogen and oxygen atoms in total. The highest BCUT2D eigenvalue weighted by Gasteiger charge is 2.38. The zero-order chi connectivity index (χ0) is 26.4. The number of carbonyl (C=O) groups is 3. The molecule has 2 aromatic carbocycles. The van der Waals surface area contributed by atoms with Crippen LogP contribution in [-0.4, -0.2) is 51.8 Å². The number of nitrogens with one attached hydrogen (secondary N) is 1. The molecule has 0 atom stereocenters. The van der Waals surface area contributed by atoms with Crippen LogP contribution in [-0.2, 0) is 29.0 Å². The first-order valence-corrected chi connectivity index (χ1v) is 12.0. The first-order valence-electron chi connectivity index (χ1n) is 12.0. The lowest BCUT2D eigenvalue weighted by atomic mass is 9.99. The lowest BCUT2D eigenvalue weighted by Gasteiger charge is -2.31. The number of aryl methyl sites for hydroxylation is 1. The molecule has 2 heterocycles. The highest BCUT2D eigenvalue weighted by atomic mass is 19.3. The number of carboxylic acid groups (broad SMARTS) is 1. The number of halogens is 2. The van der Waals surface area contributed by atoms with Crippen molar-refractivity contribution in [3.63, 3.8) is 0 Å². The highest BCUT2D eigenvalue weighted by molar-refractivity contribution is 5.92. The van der Waals surface area contributed by atoms with Gasteiger partial charge in [-0.05, 0) is 41.7 Å². The number of carboxylic acids is 1. The monoisotopic (exact) mass is 511 g/mol. The number of benzene rings is 2. The van der Waals surface area contributed by atoms with Crippen molar-refractivity contribution >= 4 is 17.8 Å². The maximum atomic E-state index is 13.7. The standard InChI is InChI=1S/C27H27F2N3O5/c28-27(29)11-4-12-32(17-27)26(36)22-16-37-25(31-22)20-7-8-21(19(14-20)9-10-24(34)35)15-30-23(33)13-18-5-2-1-3-6-18/h1-3,5-8,14,16H,4,9-13,15,17H2,(H,30,33)(H,34,35).